The predicted molar refractivity (Wildman–Crippen MR) is 103 cm³/mol. The van der Waals surface area contributed by atoms with Crippen LogP contribution in [0, 0.1) is 6.92 Å². The summed E-state index contributed by atoms with van der Waals surface area (Å²) < 4.78 is 0. The van der Waals surface area contributed by atoms with Gasteiger partial charge in [-0.1, -0.05) is 48.2 Å². The van der Waals surface area contributed by atoms with Gasteiger partial charge in [-0.2, -0.15) is 0 Å². The van der Waals surface area contributed by atoms with Gasteiger partial charge in [-0.15, -0.1) is 0 Å². The average molecular weight is 366 g/mol. The highest BCUT2D eigenvalue weighted by molar-refractivity contribution is 8.18. The Morgan fingerprint density at radius 3 is 2.80 bits per heavy atom. The molecule has 0 aliphatic carbocycles. The number of aryl methyl sites for hydroxylation is 1. The summed E-state index contributed by atoms with van der Waals surface area (Å²) in [4.78, 5) is 16.7. The van der Waals surface area contributed by atoms with Crippen LogP contribution in [0.2, 0.25) is 0 Å². The number of hydrogen-bond donors (Lipinski definition) is 2. The fourth-order valence-corrected chi connectivity index (χ4v) is 5.46. The third-order valence-corrected chi connectivity index (χ3v) is 6.76. The number of hydrazine groups is 1. The van der Waals surface area contributed by atoms with E-state index in [1.165, 1.54) is 11.8 Å². The molecule has 2 N–H and O–H groups in total. The zero-order valence-corrected chi connectivity index (χ0v) is 14.9. The van der Waals surface area contributed by atoms with Crippen LogP contribution in [0.25, 0.3) is 0 Å². The van der Waals surface area contributed by atoms with Crippen molar-refractivity contribution in [2.24, 2.45) is 4.99 Å². The van der Waals surface area contributed by atoms with Crippen LogP contribution in [0.5, 0.6) is 0 Å². The van der Waals surface area contributed by atoms with Gasteiger partial charge in [0.05, 0.1) is 5.69 Å². The summed E-state index contributed by atoms with van der Waals surface area (Å²) in [6.45, 7) is 2.04. The zero-order chi connectivity index (χ0) is 17.0. The van der Waals surface area contributed by atoms with E-state index in [4.69, 9.17) is 4.99 Å². The van der Waals surface area contributed by atoms with Crippen molar-refractivity contribution in [1.29, 1.82) is 0 Å². The van der Waals surface area contributed by atoms with E-state index in [9.17, 15) is 4.79 Å². The van der Waals surface area contributed by atoms with Crippen molar-refractivity contribution in [1.82, 2.24) is 10.4 Å². The Bertz CT molecular complexity index is 971. The van der Waals surface area contributed by atoms with Gasteiger partial charge in [0, 0.05) is 16.7 Å². The van der Waals surface area contributed by atoms with Crippen LogP contribution in [0.4, 0.5) is 11.4 Å². The van der Waals surface area contributed by atoms with Crippen molar-refractivity contribution in [3.8, 4) is 0 Å². The van der Waals surface area contributed by atoms with Gasteiger partial charge in [0.15, 0.2) is 5.17 Å². The van der Waals surface area contributed by atoms with E-state index in [2.05, 4.69) is 10.7 Å². The summed E-state index contributed by atoms with van der Waals surface area (Å²) in [6.07, 6.45) is 0. The third-order valence-electron chi connectivity index (χ3n) is 4.46. The molecule has 2 aromatic rings. The Hall–Kier alpha value is -2.38. The number of rotatable bonds is 1. The summed E-state index contributed by atoms with van der Waals surface area (Å²) in [5, 5.41) is 8.72. The van der Waals surface area contributed by atoms with Crippen LogP contribution < -0.4 is 10.7 Å². The maximum absolute atomic E-state index is 12.8. The Morgan fingerprint density at radius 1 is 1.12 bits per heavy atom. The van der Waals surface area contributed by atoms with E-state index in [1.54, 1.807) is 11.8 Å². The SMILES string of the molecule is Cc1ccccc1N=C1NN2C(=CSC23C(=O)Nc2ccccc23)S1. The monoisotopic (exact) mass is 366 g/mol. The molecule has 1 atom stereocenters. The lowest BCUT2D eigenvalue weighted by Crippen LogP contribution is -2.49. The Morgan fingerprint density at radius 2 is 1.92 bits per heavy atom. The molecule has 3 aliphatic rings. The first-order valence-corrected chi connectivity index (χ1v) is 9.56. The number of nitrogens with zero attached hydrogens (tertiary/aromatic N) is 2. The molecule has 1 fully saturated rings. The smallest absolute Gasteiger partial charge is 0.267 e. The summed E-state index contributed by atoms with van der Waals surface area (Å²) in [7, 11) is 0. The maximum atomic E-state index is 12.8. The van der Waals surface area contributed by atoms with Crippen molar-refractivity contribution >= 4 is 46.0 Å². The van der Waals surface area contributed by atoms with Crippen LogP contribution in [-0.2, 0) is 9.67 Å². The second-order valence-corrected chi connectivity index (χ2v) is 8.04. The van der Waals surface area contributed by atoms with Gasteiger partial charge in [-0.3, -0.25) is 10.2 Å². The zero-order valence-electron chi connectivity index (χ0n) is 13.3. The lowest BCUT2D eigenvalue weighted by atomic mass is 10.1. The molecule has 3 heterocycles. The average Bonchev–Trinajstić information content (AvgIpc) is 3.24. The fourth-order valence-electron chi connectivity index (χ4n) is 3.22. The molecule has 25 heavy (non-hydrogen) atoms. The number of para-hydroxylation sites is 2. The Kier molecular flexibility index (Phi) is 3.17. The number of fused-ring (bicyclic) bond motifs is 4. The maximum Gasteiger partial charge on any atom is 0.267 e. The fraction of sp³-hybridized carbons (Fsp3) is 0.111. The standard InChI is InChI=1S/C18H14N4OS2/c1-11-6-2-4-8-13(11)20-17-21-22-15(25-17)10-24-18(22)12-7-3-5-9-14(12)19-16(18)23/h2-10H,1H3,(H,19,23)(H,20,21). The molecule has 3 aliphatic heterocycles. The van der Waals surface area contributed by atoms with Gasteiger partial charge >= 0.3 is 0 Å². The molecule has 124 valence electrons. The number of anilines is 1. The normalized spacial score (nSPS) is 25.0. The van der Waals surface area contributed by atoms with Crippen molar-refractivity contribution in [3.63, 3.8) is 0 Å². The van der Waals surface area contributed by atoms with Crippen LogP contribution in [-0.4, -0.2) is 16.1 Å². The summed E-state index contributed by atoms with van der Waals surface area (Å²) >= 11 is 3.07. The van der Waals surface area contributed by atoms with Crippen LogP contribution in [0.1, 0.15) is 11.1 Å². The molecule has 1 spiro atoms. The second kappa shape index (κ2) is 5.31. The molecular weight excluding hydrogens is 352 g/mol. The van der Waals surface area contributed by atoms with Gasteiger partial charge in [-0.05, 0) is 36.4 Å². The van der Waals surface area contributed by atoms with Crippen molar-refractivity contribution in [3.05, 3.63) is 70.1 Å². The lowest BCUT2D eigenvalue weighted by Gasteiger charge is -2.31. The topological polar surface area (TPSA) is 56.7 Å². The lowest BCUT2D eigenvalue weighted by molar-refractivity contribution is -0.121. The number of thioether (sulfide) groups is 2. The number of amidine groups is 1. The molecule has 1 unspecified atom stereocenters. The van der Waals surface area contributed by atoms with Gasteiger partial charge in [0.25, 0.3) is 5.91 Å². The van der Waals surface area contributed by atoms with E-state index >= 15 is 0 Å². The molecule has 5 nitrogen and oxygen atoms in total. The van der Waals surface area contributed by atoms with E-state index < -0.39 is 4.87 Å². The number of carbonyl (C=O) groups is 1. The largest absolute Gasteiger partial charge is 0.322 e. The molecular formula is C18H14N4OS2. The van der Waals surface area contributed by atoms with Gasteiger partial charge in [0.2, 0.25) is 4.87 Å². The number of nitrogens with one attached hydrogen (secondary N) is 2. The minimum absolute atomic E-state index is 0.0322. The van der Waals surface area contributed by atoms with Gasteiger partial charge in [-0.25, -0.2) is 10.0 Å². The first-order chi connectivity index (χ1) is 12.2. The predicted octanol–water partition coefficient (Wildman–Crippen LogP) is 3.89. The van der Waals surface area contributed by atoms with Gasteiger partial charge < -0.3 is 5.32 Å². The highest BCUT2D eigenvalue weighted by atomic mass is 32.2. The van der Waals surface area contributed by atoms with Crippen molar-refractivity contribution in [2.45, 2.75) is 11.8 Å². The summed E-state index contributed by atoms with van der Waals surface area (Å²) in [6, 6.07) is 15.8. The number of benzene rings is 2. The van der Waals surface area contributed by atoms with Crippen LogP contribution in [0.3, 0.4) is 0 Å². The number of aliphatic imine (C=N–C) groups is 1. The minimum Gasteiger partial charge on any atom is -0.322 e. The second-order valence-electron chi connectivity index (χ2n) is 5.97. The molecule has 0 aromatic heterocycles. The molecule has 0 saturated carbocycles. The minimum atomic E-state index is -0.804. The van der Waals surface area contributed by atoms with Crippen LogP contribution >= 0.6 is 23.5 Å². The summed E-state index contributed by atoms with van der Waals surface area (Å²) in [5.74, 6) is -0.0322. The van der Waals surface area contributed by atoms with E-state index in [0.717, 1.165) is 32.7 Å². The molecule has 7 heteroatoms. The highest BCUT2D eigenvalue weighted by Crippen LogP contribution is 2.57. The highest BCUT2D eigenvalue weighted by Gasteiger charge is 2.58. The first-order valence-electron chi connectivity index (χ1n) is 7.86. The molecule has 1 saturated heterocycles. The number of hydrogen-bond acceptors (Lipinski definition) is 5. The summed E-state index contributed by atoms with van der Waals surface area (Å²) in [5.41, 5.74) is 7.21. The molecule has 0 radical (unpaired) electrons. The number of amides is 1. The Balaban J connectivity index is 1.54. The molecule has 5 rings (SSSR count). The van der Waals surface area contributed by atoms with Crippen molar-refractivity contribution < 1.29 is 4.79 Å². The van der Waals surface area contributed by atoms with E-state index in [1.807, 2.05) is 65.9 Å². The van der Waals surface area contributed by atoms with Crippen molar-refractivity contribution in [2.75, 3.05) is 5.32 Å². The molecule has 1 amide bonds. The van der Waals surface area contributed by atoms with E-state index in [0.29, 0.717) is 0 Å². The van der Waals surface area contributed by atoms with Crippen LogP contribution in [0.15, 0.2) is 64.0 Å². The van der Waals surface area contributed by atoms with Gasteiger partial charge in [0.1, 0.15) is 5.03 Å². The third kappa shape index (κ3) is 2.06. The molecule has 0 bridgehead atoms. The Labute approximate surface area is 153 Å². The number of carbonyl (C=O) groups excluding carboxylic acids is 1. The van der Waals surface area contributed by atoms with E-state index in [-0.39, 0.29) is 5.91 Å². The first kappa shape index (κ1) is 14.9. The quantitative estimate of drug-likeness (QED) is 0.802. The molecule has 2 aromatic carbocycles.